The van der Waals surface area contributed by atoms with Gasteiger partial charge in [-0.05, 0) is 25.3 Å². The number of aromatic nitrogens is 1. The van der Waals surface area contributed by atoms with Crippen LogP contribution >= 0.6 is 0 Å². The molecule has 0 amide bonds. The Hall–Kier alpha value is -1.97. The molecule has 3 nitrogen and oxygen atoms in total. The van der Waals surface area contributed by atoms with Gasteiger partial charge >= 0.3 is 0 Å². The van der Waals surface area contributed by atoms with Crippen LogP contribution in [0.3, 0.4) is 0 Å². The van der Waals surface area contributed by atoms with Crippen LogP contribution in [0.4, 0.5) is 0 Å². The summed E-state index contributed by atoms with van der Waals surface area (Å²) in [7, 11) is 0. The number of nitrogens with zero attached hydrogens (tertiary/aromatic N) is 2. The number of fused-ring (bicyclic) bond motifs is 3. The van der Waals surface area contributed by atoms with E-state index in [1.807, 2.05) is 0 Å². The van der Waals surface area contributed by atoms with Gasteiger partial charge < -0.3 is 4.74 Å². The molecule has 0 N–H and O–H groups in total. The summed E-state index contributed by atoms with van der Waals surface area (Å²) < 4.78 is 5.85. The fraction of sp³-hybridized carbons (Fsp3) is 0.350. The fourth-order valence-corrected chi connectivity index (χ4v) is 3.72. The molecule has 0 saturated carbocycles. The summed E-state index contributed by atoms with van der Waals surface area (Å²) in [5, 5.41) is 3.79. The summed E-state index contributed by atoms with van der Waals surface area (Å²) in [5.74, 6) is 0. The molecule has 0 unspecified atom stereocenters. The van der Waals surface area contributed by atoms with Gasteiger partial charge in [-0.2, -0.15) is 0 Å². The van der Waals surface area contributed by atoms with Crippen molar-refractivity contribution in [3.63, 3.8) is 0 Å². The van der Waals surface area contributed by atoms with E-state index in [-0.39, 0.29) is 12.2 Å². The lowest BCUT2D eigenvalue weighted by Gasteiger charge is -2.35. The number of para-hydroxylation sites is 1. The van der Waals surface area contributed by atoms with Gasteiger partial charge in [-0.1, -0.05) is 42.5 Å². The molecule has 0 spiro atoms. The number of morpholine rings is 1. The molecule has 2 aromatic carbocycles. The summed E-state index contributed by atoms with van der Waals surface area (Å²) in [5.41, 5.74) is 2.25. The third-order valence-corrected chi connectivity index (χ3v) is 4.56. The normalized spacial score (nSPS) is 22.7. The molecule has 0 bridgehead atoms. The molecule has 2 heterocycles. The van der Waals surface area contributed by atoms with Crippen LogP contribution in [0.1, 0.15) is 19.5 Å². The number of ether oxygens (including phenoxy) is 1. The highest BCUT2D eigenvalue weighted by Gasteiger charge is 2.23. The number of hydrogen-bond donors (Lipinski definition) is 0. The maximum atomic E-state index is 5.85. The predicted octanol–water partition coefficient (Wildman–Crippen LogP) is 4.00. The summed E-state index contributed by atoms with van der Waals surface area (Å²) in [6.07, 6.45) is 0.566. The van der Waals surface area contributed by atoms with E-state index in [0.29, 0.717) is 0 Å². The third kappa shape index (κ3) is 2.82. The Morgan fingerprint density at radius 2 is 1.52 bits per heavy atom. The third-order valence-electron chi connectivity index (χ3n) is 4.56. The zero-order valence-electron chi connectivity index (χ0n) is 13.7. The van der Waals surface area contributed by atoms with Crippen LogP contribution in [0.25, 0.3) is 21.7 Å². The van der Waals surface area contributed by atoms with E-state index < -0.39 is 0 Å². The van der Waals surface area contributed by atoms with Gasteiger partial charge in [0, 0.05) is 30.4 Å². The van der Waals surface area contributed by atoms with Crippen molar-refractivity contribution in [3.8, 4) is 0 Å². The van der Waals surface area contributed by atoms with E-state index in [9.17, 15) is 0 Å². The van der Waals surface area contributed by atoms with Gasteiger partial charge in [-0.3, -0.25) is 9.88 Å². The van der Waals surface area contributed by atoms with Gasteiger partial charge in [-0.15, -0.1) is 0 Å². The lowest BCUT2D eigenvalue weighted by molar-refractivity contribution is -0.0706. The monoisotopic (exact) mass is 306 g/mol. The number of hydrogen-bond acceptors (Lipinski definition) is 3. The molecule has 3 aromatic rings. The predicted molar refractivity (Wildman–Crippen MR) is 94.5 cm³/mol. The standard InChI is InChI=1S/C20H22N2O/c1-14-11-22(12-15(2)23-14)13-20-18-9-4-3-7-16(18)17-8-5-6-10-19(17)21-20/h3-10,14-15H,11-13H2,1-2H3/t14-,15-/m0/s1. The summed E-state index contributed by atoms with van der Waals surface area (Å²) in [4.78, 5) is 7.43. The van der Waals surface area contributed by atoms with Crippen LogP contribution < -0.4 is 0 Å². The van der Waals surface area contributed by atoms with Crippen LogP contribution in [0.5, 0.6) is 0 Å². The van der Waals surface area contributed by atoms with Crippen LogP contribution in [0, 0.1) is 0 Å². The van der Waals surface area contributed by atoms with E-state index >= 15 is 0 Å². The molecule has 1 aliphatic rings. The fourth-order valence-electron chi connectivity index (χ4n) is 3.72. The Morgan fingerprint density at radius 1 is 0.913 bits per heavy atom. The van der Waals surface area contributed by atoms with Crippen molar-refractivity contribution < 1.29 is 4.74 Å². The van der Waals surface area contributed by atoms with Gasteiger partial charge in [0.1, 0.15) is 0 Å². The van der Waals surface area contributed by atoms with Gasteiger partial charge in [-0.25, -0.2) is 0 Å². The van der Waals surface area contributed by atoms with E-state index in [2.05, 4.69) is 67.3 Å². The Kier molecular flexibility index (Phi) is 3.76. The van der Waals surface area contributed by atoms with Crippen molar-refractivity contribution >= 4 is 21.7 Å². The number of rotatable bonds is 2. The molecule has 0 radical (unpaired) electrons. The first-order chi connectivity index (χ1) is 11.2. The molecule has 2 atom stereocenters. The maximum Gasteiger partial charge on any atom is 0.0712 e. The van der Waals surface area contributed by atoms with Crippen molar-refractivity contribution in [3.05, 3.63) is 54.2 Å². The number of benzene rings is 2. The number of pyridine rings is 1. The topological polar surface area (TPSA) is 25.4 Å². The maximum absolute atomic E-state index is 5.85. The minimum atomic E-state index is 0.283. The molecular formula is C20H22N2O. The van der Waals surface area contributed by atoms with E-state index in [1.165, 1.54) is 21.9 Å². The Labute approximate surface area is 136 Å². The lowest BCUT2D eigenvalue weighted by atomic mass is 10.0. The van der Waals surface area contributed by atoms with E-state index in [1.54, 1.807) is 0 Å². The molecule has 3 heteroatoms. The SMILES string of the molecule is C[C@H]1CN(Cc2nc3ccccc3c3ccccc23)C[C@H](C)O1. The van der Waals surface area contributed by atoms with E-state index in [0.717, 1.165) is 25.2 Å². The lowest BCUT2D eigenvalue weighted by Crippen LogP contribution is -2.44. The smallest absolute Gasteiger partial charge is 0.0712 e. The highest BCUT2D eigenvalue weighted by Crippen LogP contribution is 2.27. The first-order valence-electron chi connectivity index (χ1n) is 8.35. The second-order valence-electron chi connectivity index (χ2n) is 6.57. The minimum Gasteiger partial charge on any atom is -0.373 e. The molecule has 4 rings (SSSR count). The van der Waals surface area contributed by atoms with Crippen LogP contribution in [0.2, 0.25) is 0 Å². The zero-order valence-corrected chi connectivity index (χ0v) is 13.7. The Morgan fingerprint density at radius 3 is 2.26 bits per heavy atom. The van der Waals surface area contributed by atoms with Crippen molar-refractivity contribution in [2.45, 2.75) is 32.6 Å². The van der Waals surface area contributed by atoms with Crippen molar-refractivity contribution in [2.75, 3.05) is 13.1 Å². The molecule has 118 valence electrons. The zero-order chi connectivity index (χ0) is 15.8. The highest BCUT2D eigenvalue weighted by atomic mass is 16.5. The molecule has 23 heavy (non-hydrogen) atoms. The first kappa shape index (κ1) is 14.6. The van der Waals surface area contributed by atoms with Gasteiger partial charge in [0.15, 0.2) is 0 Å². The Balaban J connectivity index is 1.79. The van der Waals surface area contributed by atoms with Gasteiger partial charge in [0.05, 0.1) is 23.4 Å². The van der Waals surface area contributed by atoms with Gasteiger partial charge in [0.25, 0.3) is 0 Å². The Bertz CT molecular complexity index is 835. The van der Waals surface area contributed by atoms with E-state index in [4.69, 9.17) is 9.72 Å². The summed E-state index contributed by atoms with van der Waals surface area (Å²) >= 11 is 0. The van der Waals surface area contributed by atoms with Crippen molar-refractivity contribution in [1.29, 1.82) is 0 Å². The van der Waals surface area contributed by atoms with Crippen molar-refractivity contribution in [1.82, 2.24) is 9.88 Å². The first-order valence-corrected chi connectivity index (χ1v) is 8.35. The molecule has 1 aliphatic heterocycles. The quantitative estimate of drug-likeness (QED) is 0.669. The average molecular weight is 306 g/mol. The average Bonchev–Trinajstić information content (AvgIpc) is 2.54. The summed E-state index contributed by atoms with van der Waals surface area (Å²) in [6.45, 7) is 7.10. The largest absolute Gasteiger partial charge is 0.373 e. The molecule has 0 aliphatic carbocycles. The molecule has 1 fully saturated rings. The second-order valence-corrected chi connectivity index (χ2v) is 6.57. The second kappa shape index (κ2) is 5.91. The van der Waals surface area contributed by atoms with Crippen LogP contribution in [-0.2, 0) is 11.3 Å². The summed E-state index contributed by atoms with van der Waals surface area (Å²) in [6, 6.07) is 17.0. The molecule has 1 saturated heterocycles. The minimum absolute atomic E-state index is 0.283. The van der Waals surface area contributed by atoms with Crippen LogP contribution in [0.15, 0.2) is 48.5 Å². The van der Waals surface area contributed by atoms with Crippen LogP contribution in [-0.4, -0.2) is 35.2 Å². The molecular weight excluding hydrogens is 284 g/mol. The highest BCUT2D eigenvalue weighted by molar-refractivity contribution is 6.06. The van der Waals surface area contributed by atoms with Crippen molar-refractivity contribution in [2.24, 2.45) is 0 Å². The molecule has 1 aromatic heterocycles. The van der Waals surface area contributed by atoms with Gasteiger partial charge in [0.2, 0.25) is 0 Å².